The third kappa shape index (κ3) is 2.29. The number of hydrogen-bond acceptors (Lipinski definition) is 5. The van der Waals surface area contributed by atoms with Crippen LogP contribution in [0.3, 0.4) is 0 Å². The van der Waals surface area contributed by atoms with E-state index in [1.54, 1.807) is 43.5 Å². The van der Waals surface area contributed by atoms with Gasteiger partial charge in [-0.25, -0.2) is 9.97 Å². The molecule has 3 heterocycles. The van der Waals surface area contributed by atoms with Gasteiger partial charge in [0.25, 0.3) is 10.0 Å². The van der Waals surface area contributed by atoms with Gasteiger partial charge in [-0.2, -0.15) is 8.42 Å². The Kier molecular flexibility index (Phi) is 3.02. The minimum Gasteiger partial charge on any atom is -0.381 e. The molecule has 0 unspecified atom stereocenters. The second kappa shape index (κ2) is 4.74. The van der Waals surface area contributed by atoms with Crippen molar-refractivity contribution in [3.05, 3.63) is 48.3 Å². The lowest BCUT2D eigenvalue weighted by atomic mass is 10.3. The predicted molar refractivity (Wildman–Crippen MR) is 79.4 cm³/mol. The van der Waals surface area contributed by atoms with E-state index in [-0.39, 0.29) is 16.7 Å². The molecule has 0 spiro atoms. The van der Waals surface area contributed by atoms with Crippen molar-refractivity contribution in [2.45, 2.75) is 11.9 Å². The summed E-state index contributed by atoms with van der Waals surface area (Å²) in [6.45, 7) is 1.77. The van der Waals surface area contributed by atoms with Crippen LogP contribution in [-0.4, -0.2) is 22.8 Å². The van der Waals surface area contributed by atoms with E-state index in [0.29, 0.717) is 11.2 Å². The molecule has 0 fully saturated rings. The first-order chi connectivity index (χ1) is 9.99. The fourth-order valence-electron chi connectivity index (χ4n) is 2.03. The molecule has 3 N–H and O–H groups in total. The van der Waals surface area contributed by atoms with Crippen LogP contribution in [0.4, 0.5) is 11.6 Å². The maximum absolute atomic E-state index is 12.6. The number of nitrogens with zero attached hydrogens (tertiary/aromatic N) is 3. The van der Waals surface area contributed by atoms with Crippen LogP contribution in [0, 0.1) is 6.92 Å². The predicted octanol–water partition coefficient (Wildman–Crippen LogP) is 1.42. The van der Waals surface area contributed by atoms with Gasteiger partial charge in [-0.05, 0) is 30.7 Å². The monoisotopic (exact) mass is 303 g/mol. The van der Waals surface area contributed by atoms with Crippen LogP contribution < -0.4 is 10.5 Å². The van der Waals surface area contributed by atoms with Crippen molar-refractivity contribution in [3.63, 3.8) is 0 Å². The molecular weight excluding hydrogens is 290 g/mol. The molecule has 0 aromatic carbocycles. The second-order valence-corrected chi connectivity index (χ2v) is 6.10. The number of aryl methyl sites for hydroxylation is 1. The molecule has 8 heteroatoms. The summed E-state index contributed by atoms with van der Waals surface area (Å²) >= 11 is 0. The second-order valence-electron chi connectivity index (χ2n) is 4.51. The molecule has 0 aliphatic rings. The quantitative estimate of drug-likeness (QED) is 0.762. The summed E-state index contributed by atoms with van der Waals surface area (Å²) in [4.78, 5) is 8.07. The van der Waals surface area contributed by atoms with E-state index in [9.17, 15) is 8.42 Å². The molecular formula is C13H13N5O2S. The molecule has 7 nitrogen and oxygen atoms in total. The lowest BCUT2D eigenvalue weighted by molar-refractivity contribution is 0.597. The zero-order chi connectivity index (χ0) is 15.0. The number of fused-ring (bicyclic) bond motifs is 1. The number of nitrogen functional groups attached to an aromatic ring is 1. The highest BCUT2D eigenvalue weighted by Crippen LogP contribution is 2.23. The summed E-state index contributed by atoms with van der Waals surface area (Å²) in [6, 6.07) is 8.65. The molecule has 0 amide bonds. The van der Waals surface area contributed by atoms with Crippen molar-refractivity contribution in [1.82, 2.24) is 14.4 Å². The Morgan fingerprint density at radius 1 is 1.24 bits per heavy atom. The lowest BCUT2D eigenvalue weighted by Crippen LogP contribution is -2.18. The van der Waals surface area contributed by atoms with Gasteiger partial charge in [0.2, 0.25) is 5.03 Å². The van der Waals surface area contributed by atoms with Gasteiger partial charge in [0.15, 0.2) is 5.82 Å². The number of nitrogens with two attached hydrogens (primary N) is 1. The van der Waals surface area contributed by atoms with E-state index in [1.165, 1.54) is 10.6 Å². The standard InChI is InChI=1S/C13H13N5O2S/c1-9-5-4-7-15-12(9)17-21(19,20)13-11(14)16-10-6-2-3-8-18(10)13/h2-8H,14H2,1H3,(H,15,17). The highest BCUT2D eigenvalue weighted by Gasteiger charge is 2.24. The lowest BCUT2D eigenvalue weighted by Gasteiger charge is -2.09. The number of aromatic nitrogens is 3. The third-order valence-corrected chi connectivity index (χ3v) is 4.38. The number of anilines is 2. The Hall–Kier alpha value is -2.61. The zero-order valence-corrected chi connectivity index (χ0v) is 12.0. The normalized spacial score (nSPS) is 11.7. The summed E-state index contributed by atoms with van der Waals surface area (Å²) in [5, 5.41) is -0.0943. The van der Waals surface area contributed by atoms with Crippen molar-refractivity contribution >= 4 is 27.3 Å². The first-order valence-electron chi connectivity index (χ1n) is 6.16. The molecule has 3 aromatic rings. The fourth-order valence-corrected chi connectivity index (χ4v) is 3.33. The Morgan fingerprint density at radius 3 is 2.81 bits per heavy atom. The van der Waals surface area contributed by atoms with E-state index >= 15 is 0 Å². The zero-order valence-electron chi connectivity index (χ0n) is 11.2. The van der Waals surface area contributed by atoms with Crippen molar-refractivity contribution in [3.8, 4) is 0 Å². The van der Waals surface area contributed by atoms with Crippen LogP contribution in [0.1, 0.15) is 5.56 Å². The summed E-state index contributed by atoms with van der Waals surface area (Å²) in [5.74, 6) is 0.213. The third-order valence-electron chi connectivity index (χ3n) is 3.01. The topological polar surface area (TPSA) is 102 Å². The first kappa shape index (κ1) is 13.4. The number of sulfonamides is 1. The van der Waals surface area contributed by atoms with E-state index < -0.39 is 10.0 Å². The minimum absolute atomic E-state index is 0.0534. The minimum atomic E-state index is -3.89. The molecule has 0 atom stereocenters. The van der Waals surface area contributed by atoms with Crippen molar-refractivity contribution in [1.29, 1.82) is 0 Å². The van der Waals surface area contributed by atoms with Gasteiger partial charge in [-0.1, -0.05) is 12.1 Å². The molecule has 0 aliphatic carbocycles. The summed E-state index contributed by atoms with van der Waals surface area (Å²) in [7, 11) is -3.89. The number of nitrogens with one attached hydrogen (secondary N) is 1. The van der Waals surface area contributed by atoms with E-state index in [0.717, 1.165) is 0 Å². The van der Waals surface area contributed by atoms with E-state index in [4.69, 9.17) is 5.73 Å². The average Bonchev–Trinajstić information content (AvgIpc) is 2.77. The van der Waals surface area contributed by atoms with Crippen molar-refractivity contribution < 1.29 is 8.42 Å². The summed E-state index contributed by atoms with van der Waals surface area (Å²) in [6.07, 6.45) is 3.11. The maximum atomic E-state index is 12.6. The Bertz CT molecular complexity index is 917. The Balaban J connectivity index is 2.13. The molecule has 21 heavy (non-hydrogen) atoms. The van der Waals surface area contributed by atoms with Crippen LogP contribution in [0.2, 0.25) is 0 Å². The molecule has 0 radical (unpaired) electrons. The van der Waals surface area contributed by atoms with Gasteiger partial charge in [0.05, 0.1) is 0 Å². The van der Waals surface area contributed by atoms with E-state index in [1.807, 2.05) is 0 Å². The fraction of sp³-hybridized carbons (Fsp3) is 0.0769. The van der Waals surface area contributed by atoms with Crippen LogP contribution in [0.5, 0.6) is 0 Å². The van der Waals surface area contributed by atoms with Gasteiger partial charge >= 0.3 is 0 Å². The maximum Gasteiger partial charge on any atom is 0.282 e. The molecule has 0 saturated heterocycles. The van der Waals surface area contributed by atoms with Crippen molar-refractivity contribution in [2.75, 3.05) is 10.5 Å². The first-order valence-corrected chi connectivity index (χ1v) is 7.64. The number of hydrogen-bond donors (Lipinski definition) is 2. The number of pyridine rings is 2. The van der Waals surface area contributed by atoms with Gasteiger partial charge < -0.3 is 5.73 Å². The molecule has 0 saturated carbocycles. The molecule has 0 aliphatic heterocycles. The van der Waals surface area contributed by atoms with Gasteiger partial charge in [-0.3, -0.25) is 9.12 Å². The smallest absolute Gasteiger partial charge is 0.282 e. The van der Waals surface area contributed by atoms with Crippen molar-refractivity contribution in [2.24, 2.45) is 0 Å². The van der Waals surface area contributed by atoms with Crippen LogP contribution in [-0.2, 0) is 10.0 Å². The number of rotatable bonds is 3. The molecule has 0 bridgehead atoms. The average molecular weight is 303 g/mol. The highest BCUT2D eigenvalue weighted by molar-refractivity contribution is 7.92. The van der Waals surface area contributed by atoms with Gasteiger partial charge in [-0.15, -0.1) is 0 Å². The summed E-state index contributed by atoms with van der Waals surface area (Å²) < 4.78 is 29.0. The van der Waals surface area contributed by atoms with E-state index in [2.05, 4.69) is 14.7 Å². The molecule has 3 rings (SSSR count). The van der Waals surface area contributed by atoms with Crippen LogP contribution >= 0.6 is 0 Å². The van der Waals surface area contributed by atoms with Gasteiger partial charge in [0, 0.05) is 12.4 Å². The highest BCUT2D eigenvalue weighted by atomic mass is 32.2. The Morgan fingerprint density at radius 2 is 2.05 bits per heavy atom. The summed E-state index contributed by atoms with van der Waals surface area (Å²) in [5.41, 5.74) is 6.94. The SMILES string of the molecule is Cc1cccnc1NS(=O)(=O)c1c(N)nc2ccccn12. The molecule has 3 aromatic heterocycles. The molecule has 108 valence electrons. The largest absolute Gasteiger partial charge is 0.381 e. The Labute approximate surface area is 121 Å². The van der Waals surface area contributed by atoms with Crippen LogP contribution in [0.15, 0.2) is 47.8 Å². The van der Waals surface area contributed by atoms with Crippen LogP contribution in [0.25, 0.3) is 5.65 Å². The van der Waals surface area contributed by atoms with Gasteiger partial charge in [0.1, 0.15) is 11.5 Å². The number of imidazole rings is 1.